The molecule has 0 radical (unpaired) electrons. The molecule has 0 aliphatic heterocycles. The van der Waals surface area contributed by atoms with Crippen molar-refractivity contribution in [2.75, 3.05) is 5.43 Å². The minimum Gasteiger partial charge on any atom is -0.478 e. The van der Waals surface area contributed by atoms with Gasteiger partial charge in [0, 0.05) is 17.7 Å². The normalized spacial score (nSPS) is 10.9. The first kappa shape index (κ1) is 18.2. The second kappa shape index (κ2) is 7.71. The van der Waals surface area contributed by atoms with Crippen LogP contribution in [0.15, 0.2) is 64.1 Å². The van der Waals surface area contributed by atoms with E-state index < -0.39 is 10.9 Å². The monoisotopic (exact) mass is 385 g/mol. The molecular formula is C18H12ClN3O5. The molecule has 2 N–H and O–H groups in total. The Morgan fingerprint density at radius 3 is 2.59 bits per heavy atom. The fourth-order valence-electron chi connectivity index (χ4n) is 2.24. The number of carboxylic acid groups (broad SMARTS) is 1. The lowest BCUT2D eigenvalue weighted by Crippen LogP contribution is -1.96. The molecule has 0 fully saturated rings. The highest BCUT2D eigenvalue weighted by atomic mass is 35.5. The summed E-state index contributed by atoms with van der Waals surface area (Å²) in [5, 5.41) is 24.1. The maximum absolute atomic E-state index is 11.1. The molecule has 0 unspecified atom stereocenters. The van der Waals surface area contributed by atoms with Gasteiger partial charge in [-0.1, -0.05) is 11.6 Å². The number of nitrogens with zero attached hydrogens (tertiary/aromatic N) is 2. The van der Waals surface area contributed by atoms with Crippen molar-refractivity contribution < 1.29 is 19.2 Å². The largest absolute Gasteiger partial charge is 0.478 e. The number of halogens is 1. The van der Waals surface area contributed by atoms with Gasteiger partial charge >= 0.3 is 5.97 Å². The van der Waals surface area contributed by atoms with Crippen LogP contribution in [-0.4, -0.2) is 22.2 Å². The molecular weight excluding hydrogens is 374 g/mol. The lowest BCUT2D eigenvalue weighted by Gasteiger charge is -2.02. The number of non-ortho nitro benzene ring substituents is 1. The van der Waals surface area contributed by atoms with Gasteiger partial charge in [0.2, 0.25) is 0 Å². The number of benzene rings is 2. The summed E-state index contributed by atoms with van der Waals surface area (Å²) in [4.78, 5) is 21.2. The number of rotatable bonds is 6. The zero-order valence-electron chi connectivity index (χ0n) is 13.6. The second-order valence-electron chi connectivity index (χ2n) is 5.38. The maximum Gasteiger partial charge on any atom is 0.335 e. The van der Waals surface area contributed by atoms with Gasteiger partial charge in [0.25, 0.3) is 5.69 Å². The van der Waals surface area contributed by atoms with Crippen molar-refractivity contribution in [3.8, 4) is 11.3 Å². The Morgan fingerprint density at radius 1 is 1.19 bits per heavy atom. The van der Waals surface area contributed by atoms with Crippen LogP contribution in [0.1, 0.15) is 16.1 Å². The van der Waals surface area contributed by atoms with Gasteiger partial charge in [-0.25, -0.2) is 4.79 Å². The third-order valence-corrected chi connectivity index (χ3v) is 3.90. The number of anilines is 1. The molecule has 3 rings (SSSR count). The van der Waals surface area contributed by atoms with Gasteiger partial charge < -0.3 is 9.52 Å². The highest BCUT2D eigenvalue weighted by Crippen LogP contribution is 2.30. The molecule has 27 heavy (non-hydrogen) atoms. The highest BCUT2D eigenvalue weighted by Gasteiger charge is 2.12. The minimum atomic E-state index is -1.06. The SMILES string of the molecule is O=C(O)c1ccc(Cl)c(-c2ccc(/C=N/Nc3ccc([N+](=O)[O-])cc3)o2)c1. The molecule has 3 aromatic rings. The maximum atomic E-state index is 11.1. The number of nitro benzene ring substituents is 1. The fourth-order valence-corrected chi connectivity index (χ4v) is 2.45. The van der Waals surface area contributed by atoms with E-state index in [-0.39, 0.29) is 11.3 Å². The van der Waals surface area contributed by atoms with E-state index in [1.54, 1.807) is 12.1 Å². The smallest absolute Gasteiger partial charge is 0.335 e. The molecule has 0 aliphatic rings. The molecule has 8 nitrogen and oxygen atoms in total. The Balaban J connectivity index is 1.72. The van der Waals surface area contributed by atoms with Gasteiger partial charge in [-0.3, -0.25) is 15.5 Å². The summed E-state index contributed by atoms with van der Waals surface area (Å²) >= 11 is 6.12. The van der Waals surface area contributed by atoms with Gasteiger partial charge in [0.1, 0.15) is 11.5 Å². The molecule has 9 heteroatoms. The van der Waals surface area contributed by atoms with Crippen LogP contribution >= 0.6 is 11.6 Å². The first-order valence-corrected chi connectivity index (χ1v) is 7.98. The van der Waals surface area contributed by atoms with E-state index in [1.165, 1.54) is 48.7 Å². The number of hydrazone groups is 1. The molecule has 0 aliphatic carbocycles. The van der Waals surface area contributed by atoms with E-state index in [2.05, 4.69) is 10.5 Å². The third kappa shape index (κ3) is 4.31. The molecule has 1 aromatic heterocycles. The molecule has 2 aromatic carbocycles. The zero-order valence-corrected chi connectivity index (χ0v) is 14.4. The number of aromatic carboxylic acids is 1. The van der Waals surface area contributed by atoms with Crippen molar-refractivity contribution in [3.05, 3.63) is 81.1 Å². The van der Waals surface area contributed by atoms with Crippen LogP contribution < -0.4 is 5.43 Å². The zero-order chi connectivity index (χ0) is 19.4. The number of furan rings is 1. The van der Waals surface area contributed by atoms with Crippen LogP contribution in [0.3, 0.4) is 0 Å². The van der Waals surface area contributed by atoms with Crippen LogP contribution in [0.5, 0.6) is 0 Å². The molecule has 0 saturated carbocycles. The van der Waals surface area contributed by atoms with Crippen molar-refractivity contribution in [2.45, 2.75) is 0 Å². The van der Waals surface area contributed by atoms with Crippen molar-refractivity contribution >= 4 is 35.2 Å². The number of nitrogens with one attached hydrogen (secondary N) is 1. The number of carbonyl (C=O) groups is 1. The summed E-state index contributed by atoms with van der Waals surface area (Å²) in [5.41, 5.74) is 3.84. The predicted octanol–water partition coefficient (Wildman–Crippen LogP) is 4.65. The second-order valence-corrected chi connectivity index (χ2v) is 5.78. The van der Waals surface area contributed by atoms with Crippen LogP contribution in [-0.2, 0) is 0 Å². The molecule has 0 saturated heterocycles. The minimum absolute atomic E-state index is 0.0133. The summed E-state index contributed by atoms with van der Waals surface area (Å²) in [6.07, 6.45) is 1.42. The summed E-state index contributed by atoms with van der Waals surface area (Å²) < 4.78 is 5.62. The van der Waals surface area contributed by atoms with E-state index in [1.807, 2.05) is 0 Å². The molecule has 136 valence electrons. The van der Waals surface area contributed by atoms with Crippen molar-refractivity contribution in [1.29, 1.82) is 0 Å². The Bertz CT molecular complexity index is 1030. The molecule has 0 atom stereocenters. The Morgan fingerprint density at radius 2 is 1.93 bits per heavy atom. The highest BCUT2D eigenvalue weighted by molar-refractivity contribution is 6.33. The molecule has 1 heterocycles. The van der Waals surface area contributed by atoms with Crippen molar-refractivity contribution in [1.82, 2.24) is 0 Å². The lowest BCUT2D eigenvalue weighted by molar-refractivity contribution is -0.384. The number of nitro groups is 1. The first-order chi connectivity index (χ1) is 12.9. The van der Waals surface area contributed by atoms with Crippen LogP contribution in [0, 0.1) is 10.1 Å². The fraction of sp³-hybridized carbons (Fsp3) is 0. The van der Waals surface area contributed by atoms with Gasteiger partial charge in [0.15, 0.2) is 0 Å². The molecule has 0 amide bonds. The number of hydrogen-bond donors (Lipinski definition) is 2. The van der Waals surface area contributed by atoms with Crippen LogP contribution in [0.25, 0.3) is 11.3 Å². The average Bonchev–Trinajstić information content (AvgIpc) is 3.11. The Kier molecular flexibility index (Phi) is 5.18. The van der Waals surface area contributed by atoms with Crippen LogP contribution in [0.4, 0.5) is 11.4 Å². The van der Waals surface area contributed by atoms with E-state index >= 15 is 0 Å². The van der Waals surface area contributed by atoms with Gasteiger partial charge in [-0.05, 0) is 42.5 Å². The van der Waals surface area contributed by atoms with E-state index in [4.69, 9.17) is 21.1 Å². The van der Waals surface area contributed by atoms with E-state index in [9.17, 15) is 14.9 Å². The summed E-state index contributed by atoms with van der Waals surface area (Å²) in [5.74, 6) is -0.246. The van der Waals surface area contributed by atoms with Crippen LogP contribution in [0.2, 0.25) is 5.02 Å². The van der Waals surface area contributed by atoms with Gasteiger partial charge in [-0.2, -0.15) is 5.10 Å². The van der Waals surface area contributed by atoms with E-state index in [0.717, 1.165) is 0 Å². The number of hydrogen-bond acceptors (Lipinski definition) is 6. The first-order valence-electron chi connectivity index (χ1n) is 7.60. The molecule has 0 bridgehead atoms. The predicted molar refractivity (Wildman–Crippen MR) is 100 cm³/mol. The Labute approximate surface area is 157 Å². The van der Waals surface area contributed by atoms with Crippen molar-refractivity contribution in [3.63, 3.8) is 0 Å². The molecule has 0 spiro atoms. The quantitative estimate of drug-likeness (QED) is 0.362. The average molecular weight is 386 g/mol. The summed E-state index contributed by atoms with van der Waals surface area (Å²) in [6.45, 7) is 0. The topological polar surface area (TPSA) is 118 Å². The van der Waals surface area contributed by atoms with Crippen molar-refractivity contribution in [2.24, 2.45) is 5.10 Å². The summed E-state index contributed by atoms with van der Waals surface area (Å²) in [6, 6.07) is 13.4. The summed E-state index contributed by atoms with van der Waals surface area (Å²) in [7, 11) is 0. The Hall–Kier alpha value is -3.65. The lowest BCUT2D eigenvalue weighted by atomic mass is 10.1. The van der Waals surface area contributed by atoms with Gasteiger partial charge in [-0.15, -0.1) is 0 Å². The third-order valence-electron chi connectivity index (χ3n) is 3.57. The standard InChI is InChI=1S/C18H12ClN3O5/c19-16-7-1-11(18(23)24)9-15(16)17-8-6-14(27-17)10-20-21-12-2-4-13(5-3-12)22(25)26/h1-10,21H,(H,23,24)/b20-10+. The van der Waals surface area contributed by atoms with Gasteiger partial charge in [0.05, 0.1) is 27.4 Å². The number of carboxylic acids is 1. The van der Waals surface area contributed by atoms with E-state index in [0.29, 0.717) is 27.8 Å².